The van der Waals surface area contributed by atoms with Gasteiger partial charge in [-0.15, -0.1) is 0 Å². The topological polar surface area (TPSA) is 74.5 Å². The highest BCUT2D eigenvalue weighted by Crippen LogP contribution is 2.06. The Morgan fingerprint density at radius 2 is 2.06 bits per heavy atom. The van der Waals surface area contributed by atoms with Gasteiger partial charge in [0.25, 0.3) is 12.3 Å². The van der Waals surface area contributed by atoms with E-state index >= 15 is 0 Å². The van der Waals surface area contributed by atoms with E-state index < -0.39 is 38.1 Å². The van der Waals surface area contributed by atoms with Crippen LogP contribution in [-0.2, 0) is 6.54 Å². The second-order valence-electron chi connectivity index (χ2n) is 3.47. The van der Waals surface area contributed by atoms with E-state index in [1.165, 1.54) is 18.3 Å². The molecule has 0 saturated carbocycles. The first-order valence-corrected chi connectivity index (χ1v) is 5.04. The number of halogens is 2. The molecule has 1 amide bonds. The highest BCUT2D eigenvalue weighted by atomic mass is 19.3. The van der Waals surface area contributed by atoms with Crippen molar-refractivity contribution in [2.75, 3.05) is 13.2 Å². The van der Waals surface area contributed by atoms with E-state index in [1.807, 2.05) is 0 Å². The van der Waals surface area contributed by atoms with Crippen molar-refractivity contribution in [2.24, 2.45) is 0 Å². The molecule has 1 aromatic heterocycles. The van der Waals surface area contributed by atoms with Gasteiger partial charge in [0.15, 0.2) is 0 Å². The van der Waals surface area contributed by atoms with E-state index in [-0.39, 0.29) is 5.69 Å². The number of aliphatic hydroxyl groups excluding tert-OH is 2. The van der Waals surface area contributed by atoms with Crippen LogP contribution in [0, 0.1) is 0 Å². The van der Waals surface area contributed by atoms with Crippen LogP contribution in [0.2, 0.25) is 0 Å². The Kier molecular flexibility index (Phi) is 5.05. The zero-order valence-electron chi connectivity index (χ0n) is 9.01. The Bertz CT molecular complexity index is 364. The van der Waals surface area contributed by atoms with E-state index in [0.717, 1.165) is 4.57 Å². The summed E-state index contributed by atoms with van der Waals surface area (Å²) in [6, 6.07) is 2.07. The van der Waals surface area contributed by atoms with Crippen molar-refractivity contribution in [2.45, 2.75) is 19.0 Å². The van der Waals surface area contributed by atoms with Gasteiger partial charge >= 0.3 is 0 Å². The van der Waals surface area contributed by atoms with Crippen LogP contribution in [0.15, 0.2) is 18.3 Å². The van der Waals surface area contributed by atoms with Crippen molar-refractivity contribution in [3.63, 3.8) is 0 Å². The largest absolute Gasteiger partial charge is 0.394 e. The Hall–Kier alpha value is -1.47. The Morgan fingerprint density at radius 1 is 1.41 bits per heavy atom. The van der Waals surface area contributed by atoms with Gasteiger partial charge in [0, 0.05) is 6.20 Å². The lowest BCUT2D eigenvalue weighted by atomic mass is 10.3. The van der Waals surface area contributed by atoms with E-state index in [0.29, 0.717) is 0 Å². The Balaban J connectivity index is 2.71. The summed E-state index contributed by atoms with van der Waals surface area (Å²) in [5, 5.41) is 19.9. The molecule has 1 rings (SSSR count). The second-order valence-corrected chi connectivity index (χ2v) is 3.47. The number of rotatable bonds is 6. The molecule has 0 fully saturated rings. The van der Waals surface area contributed by atoms with Crippen molar-refractivity contribution in [3.8, 4) is 0 Å². The molecule has 0 saturated heterocycles. The van der Waals surface area contributed by atoms with E-state index in [4.69, 9.17) is 10.2 Å². The van der Waals surface area contributed by atoms with Gasteiger partial charge in [0.2, 0.25) is 0 Å². The summed E-state index contributed by atoms with van der Waals surface area (Å²) in [6.07, 6.45) is -1.19. The number of carbonyl (C=O) groups excluding carboxylic acids is 1. The van der Waals surface area contributed by atoms with Crippen LogP contribution in [0.5, 0.6) is 0 Å². The summed E-state index contributed by atoms with van der Waals surface area (Å²) in [5.74, 6) is -0.608. The maximum absolute atomic E-state index is 12.2. The molecule has 0 aliphatic heterocycles. The fourth-order valence-electron chi connectivity index (χ4n) is 1.34. The number of alkyl halides is 2. The maximum Gasteiger partial charge on any atom is 0.268 e. The molecule has 0 spiro atoms. The van der Waals surface area contributed by atoms with Crippen LogP contribution in [0.4, 0.5) is 8.78 Å². The summed E-state index contributed by atoms with van der Waals surface area (Å²) >= 11 is 0. The SMILES string of the molecule is O=C(NC(CO)CO)c1cccn1CC(F)F. The van der Waals surface area contributed by atoms with Crippen LogP contribution in [-0.4, -0.2) is 46.4 Å². The van der Waals surface area contributed by atoms with Gasteiger partial charge in [-0.05, 0) is 12.1 Å². The molecule has 3 N–H and O–H groups in total. The third kappa shape index (κ3) is 3.79. The molecular weight excluding hydrogens is 234 g/mol. The maximum atomic E-state index is 12.2. The van der Waals surface area contributed by atoms with Gasteiger partial charge in [-0.3, -0.25) is 4.79 Å². The van der Waals surface area contributed by atoms with Gasteiger partial charge < -0.3 is 20.1 Å². The quantitative estimate of drug-likeness (QED) is 0.654. The van der Waals surface area contributed by atoms with Gasteiger partial charge in [0.05, 0.1) is 25.8 Å². The normalized spacial score (nSPS) is 11.2. The molecule has 0 bridgehead atoms. The van der Waals surface area contributed by atoms with Crippen LogP contribution in [0.25, 0.3) is 0 Å². The molecule has 0 aliphatic rings. The molecule has 5 nitrogen and oxygen atoms in total. The number of aromatic nitrogens is 1. The number of hydrogen-bond acceptors (Lipinski definition) is 3. The molecule has 1 heterocycles. The molecule has 1 aromatic rings. The number of carbonyl (C=O) groups is 1. The van der Waals surface area contributed by atoms with Gasteiger partial charge in [-0.25, -0.2) is 8.78 Å². The number of amides is 1. The van der Waals surface area contributed by atoms with Crippen molar-refractivity contribution in [1.82, 2.24) is 9.88 Å². The lowest BCUT2D eigenvalue weighted by molar-refractivity contribution is 0.0858. The number of hydrogen-bond donors (Lipinski definition) is 3. The molecule has 96 valence electrons. The number of nitrogens with one attached hydrogen (secondary N) is 1. The minimum atomic E-state index is -2.56. The average molecular weight is 248 g/mol. The highest BCUT2D eigenvalue weighted by Gasteiger charge is 2.16. The first kappa shape index (κ1) is 13.6. The second kappa shape index (κ2) is 6.31. The van der Waals surface area contributed by atoms with Crippen molar-refractivity contribution < 1.29 is 23.8 Å². The number of aliphatic hydroxyl groups is 2. The molecule has 0 atom stereocenters. The zero-order valence-corrected chi connectivity index (χ0v) is 9.01. The lowest BCUT2D eigenvalue weighted by Crippen LogP contribution is -2.40. The monoisotopic (exact) mass is 248 g/mol. The van der Waals surface area contributed by atoms with Crippen LogP contribution >= 0.6 is 0 Å². The molecule has 0 unspecified atom stereocenters. The van der Waals surface area contributed by atoms with Gasteiger partial charge in [0.1, 0.15) is 5.69 Å². The van der Waals surface area contributed by atoms with Crippen LogP contribution < -0.4 is 5.32 Å². The van der Waals surface area contributed by atoms with Crippen molar-refractivity contribution >= 4 is 5.91 Å². The Labute approximate surface area is 96.7 Å². The summed E-state index contributed by atoms with van der Waals surface area (Å²) in [4.78, 5) is 11.6. The van der Waals surface area contributed by atoms with Gasteiger partial charge in [-0.2, -0.15) is 0 Å². The fourth-order valence-corrected chi connectivity index (χ4v) is 1.34. The predicted octanol–water partition coefficient (Wildman–Crippen LogP) is -0.164. The summed E-state index contributed by atoms with van der Waals surface area (Å²) < 4.78 is 25.5. The number of nitrogens with zero attached hydrogens (tertiary/aromatic N) is 1. The molecule has 0 radical (unpaired) electrons. The summed E-state index contributed by atoms with van der Waals surface area (Å²) in [5.41, 5.74) is 0.0669. The van der Waals surface area contributed by atoms with Crippen LogP contribution in [0.3, 0.4) is 0 Å². The standard InChI is InChI=1S/C10H14F2N2O3/c11-9(12)4-14-3-1-2-8(14)10(17)13-7(5-15)6-16/h1-3,7,9,15-16H,4-6H2,(H,13,17). The zero-order chi connectivity index (χ0) is 12.8. The van der Waals surface area contributed by atoms with E-state index in [9.17, 15) is 13.6 Å². The summed E-state index contributed by atoms with van der Waals surface area (Å²) in [7, 11) is 0. The molecule has 0 aliphatic carbocycles. The van der Waals surface area contributed by atoms with Crippen LogP contribution in [0.1, 0.15) is 10.5 Å². The molecule has 7 heteroatoms. The van der Waals surface area contributed by atoms with Gasteiger partial charge in [-0.1, -0.05) is 0 Å². The summed E-state index contributed by atoms with van der Waals surface area (Å²) in [6.45, 7) is -1.41. The molecule has 0 aromatic carbocycles. The highest BCUT2D eigenvalue weighted by molar-refractivity contribution is 5.92. The van der Waals surface area contributed by atoms with Crippen molar-refractivity contribution in [1.29, 1.82) is 0 Å². The van der Waals surface area contributed by atoms with Crippen molar-refractivity contribution in [3.05, 3.63) is 24.0 Å². The minimum Gasteiger partial charge on any atom is -0.394 e. The average Bonchev–Trinajstić information content (AvgIpc) is 2.72. The first-order valence-electron chi connectivity index (χ1n) is 5.04. The first-order chi connectivity index (χ1) is 8.08. The lowest BCUT2D eigenvalue weighted by Gasteiger charge is -2.14. The smallest absolute Gasteiger partial charge is 0.268 e. The Morgan fingerprint density at radius 3 is 2.59 bits per heavy atom. The molecule has 17 heavy (non-hydrogen) atoms. The minimum absolute atomic E-state index is 0.0669. The van der Waals surface area contributed by atoms with E-state index in [2.05, 4.69) is 5.32 Å². The third-order valence-corrected chi connectivity index (χ3v) is 2.17. The predicted molar refractivity (Wildman–Crippen MR) is 55.9 cm³/mol. The van der Waals surface area contributed by atoms with E-state index in [1.54, 1.807) is 0 Å². The third-order valence-electron chi connectivity index (χ3n) is 2.17. The fraction of sp³-hybridized carbons (Fsp3) is 0.500. The molecular formula is C10H14F2N2O3.